The van der Waals surface area contributed by atoms with E-state index < -0.39 is 0 Å². The van der Waals surface area contributed by atoms with Crippen LogP contribution in [0, 0.1) is 0 Å². The molecule has 0 bridgehead atoms. The maximum atomic E-state index is 13.0. The Bertz CT molecular complexity index is 781. The third-order valence-corrected chi connectivity index (χ3v) is 4.49. The van der Waals surface area contributed by atoms with Gasteiger partial charge < -0.3 is 24.4 Å². The lowest BCUT2D eigenvalue weighted by Gasteiger charge is -2.38. The molecule has 0 aromatic heterocycles. The Morgan fingerprint density at radius 2 is 1.69 bits per heavy atom. The zero-order valence-corrected chi connectivity index (χ0v) is 15.5. The predicted molar refractivity (Wildman–Crippen MR) is 100 cm³/mol. The molecule has 6 heteroatoms. The minimum Gasteiger partial charge on any atom is -0.493 e. The highest BCUT2D eigenvalue weighted by Crippen LogP contribution is 2.42. The Labute approximate surface area is 153 Å². The lowest BCUT2D eigenvalue weighted by molar-refractivity contribution is 0.0682. The van der Waals surface area contributed by atoms with Gasteiger partial charge in [-0.25, -0.2) is 0 Å². The summed E-state index contributed by atoms with van der Waals surface area (Å²) in [6.45, 7) is 2.70. The average molecular weight is 356 g/mol. The fraction of sp³-hybridized carbons (Fsp3) is 0.350. The van der Waals surface area contributed by atoms with Gasteiger partial charge in [-0.3, -0.25) is 4.79 Å². The van der Waals surface area contributed by atoms with Crippen LogP contribution in [-0.2, 0) is 0 Å². The van der Waals surface area contributed by atoms with Gasteiger partial charge in [-0.1, -0.05) is 19.1 Å². The van der Waals surface area contributed by atoms with E-state index in [1.165, 1.54) is 0 Å². The number of rotatable bonds is 6. The Balaban J connectivity index is 2.10. The number of para-hydroxylation sites is 1. The average Bonchev–Trinajstić information content (AvgIpc) is 2.68. The van der Waals surface area contributed by atoms with Gasteiger partial charge in [-0.05, 0) is 30.7 Å². The van der Waals surface area contributed by atoms with Crippen molar-refractivity contribution in [3.63, 3.8) is 0 Å². The molecule has 0 saturated heterocycles. The molecule has 1 amide bonds. The van der Waals surface area contributed by atoms with Crippen LogP contribution in [0.25, 0.3) is 0 Å². The molecule has 0 unspecified atom stereocenters. The highest BCUT2D eigenvalue weighted by Gasteiger charge is 2.33. The van der Waals surface area contributed by atoms with Gasteiger partial charge in [0.1, 0.15) is 6.17 Å². The number of fused-ring (bicyclic) bond motifs is 1. The summed E-state index contributed by atoms with van der Waals surface area (Å²) >= 11 is 0. The zero-order valence-electron chi connectivity index (χ0n) is 15.5. The molecular weight excluding hydrogens is 332 g/mol. The summed E-state index contributed by atoms with van der Waals surface area (Å²) in [7, 11) is 4.74. The monoisotopic (exact) mass is 356 g/mol. The van der Waals surface area contributed by atoms with Crippen LogP contribution < -0.4 is 19.5 Å². The number of benzene rings is 2. The largest absolute Gasteiger partial charge is 0.493 e. The summed E-state index contributed by atoms with van der Waals surface area (Å²) in [5.74, 6) is 1.67. The molecule has 1 atom stereocenters. The number of amides is 1. The van der Waals surface area contributed by atoms with Crippen molar-refractivity contribution in [2.45, 2.75) is 19.5 Å². The van der Waals surface area contributed by atoms with E-state index in [9.17, 15) is 4.79 Å². The Morgan fingerprint density at radius 3 is 2.27 bits per heavy atom. The van der Waals surface area contributed by atoms with Crippen LogP contribution in [0.1, 0.15) is 35.4 Å². The third-order valence-electron chi connectivity index (χ3n) is 4.49. The van der Waals surface area contributed by atoms with E-state index in [-0.39, 0.29) is 12.1 Å². The maximum absolute atomic E-state index is 13.0. The predicted octanol–water partition coefficient (Wildman–Crippen LogP) is 3.69. The number of carbonyl (C=O) groups is 1. The highest BCUT2D eigenvalue weighted by molar-refractivity contribution is 6.01. The molecule has 0 radical (unpaired) electrons. The van der Waals surface area contributed by atoms with Gasteiger partial charge >= 0.3 is 0 Å². The van der Waals surface area contributed by atoms with Crippen molar-refractivity contribution in [2.75, 3.05) is 33.2 Å². The quantitative estimate of drug-likeness (QED) is 0.855. The molecule has 138 valence electrons. The van der Waals surface area contributed by atoms with E-state index in [4.69, 9.17) is 14.2 Å². The molecule has 2 aromatic carbocycles. The smallest absolute Gasteiger partial charge is 0.257 e. The maximum Gasteiger partial charge on any atom is 0.257 e. The summed E-state index contributed by atoms with van der Waals surface area (Å²) in [4.78, 5) is 14.9. The number of methoxy groups -OCH3 is 3. The van der Waals surface area contributed by atoms with Gasteiger partial charge in [0, 0.05) is 17.8 Å². The fourth-order valence-corrected chi connectivity index (χ4v) is 3.29. The van der Waals surface area contributed by atoms with Crippen LogP contribution in [0.3, 0.4) is 0 Å². The van der Waals surface area contributed by atoms with Crippen LogP contribution in [-0.4, -0.2) is 38.7 Å². The molecule has 1 N–H and O–H groups in total. The van der Waals surface area contributed by atoms with Crippen LogP contribution in [0.15, 0.2) is 36.4 Å². The van der Waals surface area contributed by atoms with E-state index in [1.807, 2.05) is 41.3 Å². The van der Waals surface area contributed by atoms with Gasteiger partial charge in [-0.2, -0.15) is 0 Å². The first-order valence-electron chi connectivity index (χ1n) is 8.61. The zero-order chi connectivity index (χ0) is 18.7. The SMILES string of the molecule is CCCN1C(=O)c2ccccc2N[C@H]1c1cc(OC)c(OC)c(OC)c1. The first-order valence-corrected chi connectivity index (χ1v) is 8.61. The number of nitrogens with zero attached hydrogens (tertiary/aromatic N) is 1. The van der Waals surface area contributed by atoms with Crippen molar-refractivity contribution in [1.29, 1.82) is 0 Å². The Kier molecular flexibility index (Phi) is 5.21. The van der Waals surface area contributed by atoms with Crippen LogP contribution >= 0.6 is 0 Å². The second-order valence-corrected chi connectivity index (χ2v) is 6.05. The molecule has 1 heterocycles. The fourth-order valence-electron chi connectivity index (χ4n) is 3.29. The van der Waals surface area contributed by atoms with Crippen molar-refractivity contribution in [1.82, 2.24) is 4.90 Å². The van der Waals surface area contributed by atoms with E-state index in [0.717, 1.165) is 17.7 Å². The first kappa shape index (κ1) is 17.9. The molecule has 6 nitrogen and oxygen atoms in total. The van der Waals surface area contributed by atoms with Crippen molar-refractivity contribution >= 4 is 11.6 Å². The number of carbonyl (C=O) groups excluding carboxylic acids is 1. The second kappa shape index (κ2) is 7.56. The van der Waals surface area contributed by atoms with Gasteiger partial charge in [0.25, 0.3) is 5.91 Å². The molecule has 0 fully saturated rings. The topological polar surface area (TPSA) is 60.0 Å². The molecule has 0 saturated carbocycles. The van der Waals surface area contributed by atoms with Crippen molar-refractivity contribution in [3.05, 3.63) is 47.5 Å². The first-order chi connectivity index (χ1) is 12.6. The van der Waals surface area contributed by atoms with Crippen molar-refractivity contribution in [3.8, 4) is 17.2 Å². The second-order valence-electron chi connectivity index (χ2n) is 6.05. The number of nitrogens with one attached hydrogen (secondary N) is 1. The molecule has 0 spiro atoms. The molecule has 3 rings (SSSR count). The summed E-state index contributed by atoms with van der Waals surface area (Å²) in [5, 5.41) is 3.47. The van der Waals surface area contributed by atoms with E-state index in [2.05, 4.69) is 12.2 Å². The summed E-state index contributed by atoms with van der Waals surface area (Å²) in [6.07, 6.45) is 0.544. The number of anilines is 1. The highest BCUT2D eigenvalue weighted by atomic mass is 16.5. The van der Waals surface area contributed by atoms with E-state index in [1.54, 1.807) is 21.3 Å². The molecule has 1 aliphatic heterocycles. The molecule has 1 aliphatic rings. The van der Waals surface area contributed by atoms with Gasteiger partial charge in [0.2, 0.25) is 5.75 Å². The van der Waals surface area contributed by atoms with Gasteiger partial charge in [0.05, 0.1) is 26.9 Å². The minimum absolute atomic E-state index is 0.0138. The number of hydrogen-bond acceptors (Lipinski definition) is 5. The summed E-state index contributed by atoms with van der Waals surface area (Å²) < 4.78 is 16.3. The summed E-state index contributed by atoms with van der Waals surface area (Å²) in [6, 6.07) is 11.3. The van der Waals surface area contributed by atoms with Crippen LogP contribution in [0.2, 0.25) is 0 Å². The lowest BCUT2D eigenvalue weighted by atomic mass is 10.0. The Morgan fingerprint density at radius 1 is 1.04 bits per heavy atom. The van der Waals surface area contributed by atoms with Gasteiger partial charge in [0.15, 0.2) is 11.5 Å². The minimum atomic E-state index is -0.314. The van der Waals surface area contributed by atoms with E-state index >= 15 is 0 Å². The lowest BCUT2D eigenvalue weighted by Crippen LogP contribution is -2.43. The number of ether oxygens (including phenoxy) is 3. The van der Waals surface area contributed by atoms with Crippen molar-refractivity contribution < 1.29 is 19.0 Å². The molecule has 0 aliphatic carbocycles. The van der Waals surface area contributed by atoms with Crippen LogP contribution in [0.4, 0.5) is 5.69 Å². The van der Waals surface area contributed by atoms with E-state index in [0.29, 0.717) is 29.4 Å². The molecular formula is C20H24N2O4. The van der Waals surface area contributed by atoms with Crippen molar-refractivity contribution in [2.24, 2.45) is 0 Å². The molecule has 2 aromatic rings. The number of hydrogen-bond donors (Lipinski definition) is 1. The summed E-state index contributed by atoms with van der Waals surface area (Å²) in [5.41, 5.74) is 2.38. The Hall–Kier alpha value is -2.89. The standard InChI is InChI=1S/C20H24N2O4/c1-5-10-22-19(21-15-9-7-6-8-14(15)20(22)23)13-11-16(24-2)18(26-4)17(12-13)25-3/h6-9,11-12,19,21H,5,10H2,1-4H3/t19-/m1/s1. The molecule has 26 heavy (non-hydrogen) atoms. The normalized spacial score (nSPS) is 15.9. The van der Waals surface area contributed by atoms with Crippen LogP contribution in [0.5, 0.6) is 17.2 Å². The van der Waals surface area contributed by atoms with Gasteiger partial charge in [-0.15, -0.1) is 0 Å². The third kappa shape index (κ3) is 3.03.